The Morgan fingerprint density at radius 1 is 1.29 bits per heavy atom. The number of hydrogen-bond donors (Lipinski definition) is 4. The quantitative estimate of drug-likeness (QED) is 0.379. The number of aromatic hydroxyl groups is 1. The molecule has 2 rings (SSSR count). The molecular formula is C14H16O7. The van der Waals surface area contributed by atoms with E-state index in [1.165, 1.54) is 38.1 Å². The highest BCUT2D eigenvalue weighted by Crippen LogP contribution is 2.34. The fourth-order valence-corrected chi connectivity index (χ4v) is 2.10. The molecule has 0 unspecified atom stereocenters. The lowest BCUT2D eigenvalue weighted by Gasteiger charge is -2.30. The summed E-state index contributed by atoms with van der Waals surface area (Å²) in [5.74, 6) is -0.351. The van der Waals surface area contributed by atoms with Crippen LogP contribution in [-0.4, -0.2) is 32.3 Å². The zero-order valence-corrected chi connectivity index (χ0v) is 11.5. The maximum Gasteiger partial charge on any atom is 0.336 e. The molecule has 7 nitrogen and oxygen atoms in total. The second-order valence-corrected chi connectivity index (χ2v) is 5.33. The Hall–Kier alpha value is -1.93. The molecule has 0 aliphatic carbocycles. The smallest absolute Gasteiger partial charge is 0.336 e. The maximum atomic E-state index is 11.1. The van der Waals surface area contributed by atoms with Crippen molar-refractivity contribution in [3.8, 4) is 5.75 Å². The summed E-state index contributed by atoms with van der Waals surface area (Å²) in [5, 5.41) is 39.4. The van der Waals surface area contributed by atoms with Crippen LogP contribution in [0.2, 0.25) is 0 Å². The average molecular weight is 296 g/mol. The number of phenols is 1. The summed E-state index contributed by atoms with van der Waals surface area (Å²) in [4.78, 5) is 15.2. The van der Waals surface area contributed by atoms with Crippen molar-refractivity contribution in [1.29, 1.82) is 0 Å². The van der Waals surface area contributed by atoms with Gasteiger partial charge in [-0.3, -0.25) is 5.26 Å². The van der Waals surface area contributed by atoms with Crippen molar-refractivity contribution in [2.45, 2.75) is 31.7 Å². The summed E-state index contributed by atoms with van der Waals surface area (Å²) in [6.45, 7) is 2.68. The summed E-state index contributed by atoms with van der Waals surface area (Å²) < 4.78 is 4.90. The highest BCUT2D eigenvalue weighted by atomic mass is 17.1. The molecule has 0 saturated carbocycles. The summed E-state index contributed by atoms with van der Waals surface area (Å²) in [6.07, 6.45) is -2.87. The number of phenolic OH excluding ortho intramolecular Hbond substituents is 1. The molecule has 1 aromatic heterocycles. The molecule has 0 amide bonds. The van der Waals surface area contributed by atoms with Crippen LogP contribution in [0.15, 0.2) is 33.5 Å². The van der Waals surface area contributed by atoms with Gasteiger partial charge in [-0.25, -0.2) is 9.68 Å². The van der Waals surface area contributed by atoms with Gasteiger partial charge in [0.05, 0.1) is 5.60 Å². The largest absolute Gasteiger partial charge is 0.507 e. The van der Waals surface area contributed by atoms with Gasteiger partial charge in [-0.05, 0) is 26.0 Å². The molecule has 4 N–H and O–H groups in total. The Morgan fingerprint density at radius 3 is 2.52 bits per heavy atom. The van der Waals surface area contributed by atoms with Gasteiger partial charge in [-0.2, -0.15) is 0 Å². The molecule has 21 heavy (non-hydrogen) atoms. The van der Waals surface area contributed by atoms with E-state index in [-0.39, 0.29) is 16.9 Å². The Kier molecular flexibility index (Phi) is 4.02. The first kappa shape index (κ1) is 15.5. The van der Waals surface area contributed by atoms with Crippen molar-refractivity contribution in [2.24, 2.45) is 0 Å². The van der Waals surface area contributed by atoms with Gasteiger partial charge in [0.15, 0.2) is 6.10 Å². The average Bonchev–Trinajstić information content (AvgIpc) is 2.36. The van der Waals surface area contributed by atoms with Gasteiger partial charge < -0.3 is 19.7 Å². The predicted molar refractivity (Wildman–Crippen MR) is 72.9 cm³/mol. The van der Waals surface area contributed by atoms with Gasteiger partial charge in [-0.15, -0.1) is 0 Å². The lowest BCUT2D eigenvalue weighted by atomic mass is 9.91. The number of fused-ring (bicyclic) bond motifs is 1. The van der Waals surface area contributed by atoms with Crippen molar-refractivity contribution in [3.05, 3.63) is 40.2 Å². The van der Waals surface area contributed by atoms with E-state index in [1.807, 2.05) is 0 Å². The minimum atomic E-state index is -1.56. The molecule has 0 aliphatic heterocycles. The number of aliphatic hydroxyl groups excluding tert-OH is 1. The molecule has 1 heterocycles. The number of hydrogen-bond acceptors (Lipinski definition) is 7. The zero-order chi connectivity index (χ0) is 15.8. The second kappa shape index (κ2) is 5.45. The minimum absolute atomic E-state index is 0.0255. The molecule has 2 atom stereocenters. The van der Waals surface area contributed by atoms with Crippen LogP contribution in [0, 0.1) is 0 Å². The van der Waals surface area contributed by atoms with E-state index in [2.05, 4.69) is 4.89 Å². The lowest BCUT2D eigenvalue weighted by Crippen LogP contribution is -2.42. The Labute approximate surface area is 119 Å². The molecule has 7 heteroatoms. The Balaban J connectivity index is 2.53. The van der Waals surface area contributed by atoms with Gasteiger partial charge in [0.25, 0.3) is 0 Å². The van der Waals surface area contributed by atoms with Gasteiger partial charge in [-0.1, -0.05) is 0 Å². The normalized spacial score (nSPS) is 15.1. The van der Waals surface area contributed by atoms with Crippen molar-refractivity contribution < 1.29 is 29.9 Å². The van der Waals surface area contributed by atoms with E-state index >= 15 is 0 Å². The standard InChI is InChI=1S/C14H16O7/c1-14(2,18)13(21-19)12(17)8-5-7-3-4-11(16)20-10(7)6-9(8)15/h3-6,12-13,15,17-19H,1-2H3/t12-,13-/m0/s1. The first-order valence-corrected chi connectivity index (χ1v) is 6.21. The molecule has 0 bridgehead atoms. The van der Waals surface area contributed by atoms with E-state index in [4.69, 9.17) is 9.67 Å². The molecule has 2 aromatic rings. The SMILES string of the molecule is CC(C)(O)[C@@H](OO)[C@@H](O)c1cc2ccc(=O)oc2cc1O. The zero-order valence-electron chi connectivity index (χ0n) is 11.5. The molecular weight excluding hydrogens is 280 g/mol. The highest BCUT2D eigenvalue weighted by Gasteiger charge is 2.37. The summed E-state index contributed by atoms with van der Waals surface area (Å²) in [6, 6.07) is 5.23. The Bertz CT molecular complexity index is 699. The molecule has 0 spiro atoms. The summed E-state index contributed by atoms with van der Waals surface area (Å²) in [5.41, 5.74) is -1.94. The molecule has 0 fully saturated rings. The van der Waals surface area contributed by atoms with E-state index in [1.54, 1.807) is 0 Å². The van der Waals surface area contributed by atoms with Gasteiger partial charge in [0, 0.05) is 23.1 Å². The molecule has 0 radical (unpaired) electrons. The van der Waals surface area contributed by atoms with Crippen LogP contribution < -0.4 is 5.63 Å². The third-order valence-electron chi connectivity index (χ3n) is 3.18. The van der Waals surface area contributed by atoms with E-state index < -0.39 is 23.4 Å². The monoisotopic (exact) mass is 296 g/mol. The minimum Gasteiger partial charge on any atom is -0.507 e. The van der Waals surface area contributed by atoms with Gasteiger partial charge in [0.1, 0.15) is 17.4 Å². The first-order valence-electron chi connectivity index (χ1n) is 6.21. The summed E-state index contributed by atoms with van der Waals surface area (Å²) >= 11 is 0. The van der Waals surface area contributed by atoms with Crippen molar-refractivity contribution in [3.63, 3.8) is 0 Å². The van der Waals surface area contributed by atoms with Crippen LogP contribution in [0.25, 0.3) is 11.0 Å². The second-order valence-electron chi connectivity index (χ2n) is 5.33. The fourth-order valence-electron chi connectivity index (χ4n) is 2.10. The molecule has 1 aromatic carbocycles. The third-order valence-corrected chi connectivity index (χ3v) is 3.18. The van der Waals surface area contributed by atoms with Crippen molar-refractivity contribution in [2.75, 3.05) is 0 Å². The number of rotatable bonds is 4. The van der Waals surface area contributed by atoms with Gasteiger partial charge >= 0.3 is 5.63 Å². The highest BCUT2D eigenvalue weighted by molar-refractivity contribution is 5.79. The lowest BCUT2D eigenvalue weighted by molar-refractivity contribution is -0.330. The number of aliphatic hydroxyl groups is 2. The van der Waals surface area contributed by atoms with Crippen LogP contribution in [0.3, 0.4) is 0 Å². The predicted octanol–water partition coefficient (Wildman–Crippen LogP) is 1.16. The fraction of sp³-hybridized carbons (Fsp3) is 0.357. The van der Waals surface area contributed by atoms with E-state index in [9.17, 15) is 20.1 Å². The molecule has 0 saturated heterocycles. The van der Waals surface area contributed by atoms with Crippen LogP contribution in [0.1, 0.15) is 25.5 Å². The Morgan fingerprint density at radius 2 is 1.95 bits per heavy atom. The number of benzene rings is 1. The molecule has 0 aliphatic rings. The van der Waals surface area contributed by atoms with Crippen molar-refractivity contribution in [1.82, 2.24) is 0 Å². The summed E-state index contributed by atoms with van der Waals surface area (Å²) in [7, 11) is 0. The van der Waals surface area contributed by atoms with Crippen LogP contribution >= 0.6 is 0 Å². The van der Waals surface area contributed by atoms with E-state index in [0.717, 1.165) is 0 Å². The van der Waals surface area contributed by atoms with Crippen LogP contribution in [0.4, 0.5) is 0 Å². The molecule has 114 valence electrons. The third kappa shape index (κ3) is 3.06. The van der Waals surface area contributed by atoms with Crippen LogP contribution in [-0.2, 0) is 4.89 Å². The van der Waals surface area contributed by atoms with Gasteiger partial charge in [0.2, 0.25) is 0 Å². The maximum absolute atomic E-state index is 11.1. The topological polar surface area (TPSA) is 120 Å². The first-order chi connectivity index (χ1) is 9.74. The van der Waals surface area contributed by atoms with E-state index in [0.29, 0.717) is 5.39 Å². The van der Waals surface area contributed by atoms with Crippen molar-refractivity contribution >= 4 is 11.0 Å². The van der Waals surface area contributed by atoms with Crippen LogP contribution in [0.5, 0.6) is 5.75 Å².